The summed E-state index contributed by atoms with van der Waals surface area (Å²) in [5.41, 5.74) is 3.33. The van der Waals surface area contributed by atoms with Crippen LogP contribution < -0.4 is 19.6 Å². The van der Waals surface area contributed by atoms with Crippen molar-refractivity contribution in [2.75, 3.05) is 6.61 Å². The molecular formula is C30H24BrClN2O4S. The zero-order valence-electron chi connectivity index (χ0n) is 21.2. The molecule has 6 nitrogen and oxygen atoms in total. The van der Waals surface area contributed by atoms with Crippen LogP contribution in [0.5, 0.6) is 5.75 Å². The van der Waals surface area contributed by atoms with Crippen molar-refractivity contribution >= 4 is 50.9 Å². The molecule has 0 saturated carbocycles. The highest BCUT2D eigenvalue weighted by Crippen LogP contribution is 2.31. The molecule has 0 unspecified atom stereocenters. The molecule has 0 aliphatic carbocycles. The molecule has 0 amide bonds. The Morgan fingerprint density at radius 2 is 1.87 bits per heavy atom. The standard InChI is InChI=1S/C30H24BrClN2O4S/c1-3-37-29(36)26-18(2)33-30-34(27(26)21-7-5-4-6-8-21)28(35)25(39-30)16-20-11-14-24(23(31)15-20)38-17-19-9-12-22(32)13-10-19/h4-16,27H,3,17H2,1-2H3/b25-16-/t27-/m1/s1. The molecule has 5 rings (SSSR count). The molecule has 2 heterocycles. The van der Waals surface area contributed by atoms with Gasteiger partial charge in [0.25, 0.3) is 5.56 Å². The van der Waals surface area contributed by atoms with Gasteiger partial charge in [-0.25, -0.2) is 9.79 Å². The summed E-state index contributed by atoms with van der Waals surface area (Å²) in [6.07, 6.45) is 1.82. The van der Waals surface area contributed by atoms with E-state index >= 15 is 0 Å². The number of nitrogens with zero attached hydrogens (tertiary/aromatic N) is 2. The summed E-state index contributed by atoms with van der Waals surface area (Å²) in [4.78, 5) is 31.8. The molecule has 1 aliphatic rings. The van der Waals surface area contributed by atoms with Gasteiger partial charge >= 0.3 is 5.97 Å². The lowest BCUT2D eigenvalue weighted by Crippen LogP contribution is -2.39. The lowest BCUT2D eigenvalue weighted by atomic mass is 9.96. The minimum Gasteiger partial charge on any atom is -0.488 e. The first-order valence-electron chi connectivity index (χ1n) is 12.3. The number of hydrogen-bond donors (Lipinski definition) is 0. The number of esters is 1. The molecule has 0 fully saturated rings. The zero-order valence-corrected chi connectivity index (χ0v) is 24.3. The fourth-order valence-electron chi connectivity index (χ4n) is 4.36. The number of halogens is 2. The number of aromatic nitrogens is 1. The van der Waals surface area contributed by atoms with Gasteiger partial charge in [0.1, 0.15) is 12.4 Å². The van der Waals surface area contributed by atoms with Crippen LogP contribution in [-0.4, -0.2) is 17.1 Å². The van der Waals surface area contributed by atoms with E-state index in [1.807, 2.05) is 78.9 Å². The Morgan fingerprint density at radius 1 is 1.13 bits per heavy atom. The van der Waals surface area contributed by atoms with E-state index in [1.165, 1.54) is 11.3 Å². The van der Waals surface area contributed by atoms with Crippen LogP contribution in [0.2, 0.25) is 5.02 Å². The van der Waals surface area contributed by atoms with E-state index in [-0.39, 0.29) is 12.2 Å². The van der Waals surface area contributed by atoms with E-state index in [0.29, 0.717) is 38.0 Å². The van der Waals surface area contributed by atoms with Gasteiger partial charge in [0.2, 0.25) is 0 Å². The van der Waals surface area contributed by atoms with E-state index in [1.54, 1.807) is 18.4 Å². The van der Waals surface area contributed by atoms with Gasteiger partial charge in [0, 0.05) is 5.02 Å². The molecule has 9 heteroatoms. The van der Waals surface area contributed by atoms with E-state index in [4.69, 9.17) is 21.1 Å². The first-order chi connectivity index (χ1) is 18.9. The van der Waals surface area contributed by atoms with Gasteiger partial charge in [-0.3, -0.25) is 9.36 Å². The largest absolute Gasteiger partial charge is 0.488 e. The highest BCUT2D eigenvalue weighted by molar-refractivity contribution is 9.10. The fraction of sp³-hybridized carbons (Fsp3) is 0.167. The van der Waals surface area contributed by atoms with Crippen LogP contribution in [0.4, 0.5) is 0 Å². The highest BCUT2D eigenvalue weighted by Gasteiger charge is 2.33. The fourth-order valence-corrected chi connectivity index (χ4v) is 6.04. The van der Waals surface area contributed by atoms with Crippen LogP contribution in [0, 0.1) is 0 Å². The van der Waals surface area contributed by atoms with E-state index in [2.05, 4.69) is 20.9 Å². The third-order valence-electron chi connectivity index (χ3n) is 6.19. The summed E-state index contributed by atoms with van der Waals surface area (Å²) in [6.45, 7) is 4.16. The molecule has 39 heavy (non-hydrogen) atoms. The van der Waals surface area contributed by atoms with Crippen molar-refractivity contribution in [3.63, 3.8) is 0 Å². The molecule has 1 aromatic heterocycles. The van der Waals surface area contributed by atoms with Crippen LogP contribution in [0.15, 0.2) is 98.3 Å². The predicted molar refractivity (Wildman–Crippen MR) is 157 cm³/mol. The normalized spacial score (nSPS) is 15.1. The quantitative estimate of drug-likeness (QED) is 0.244. The number of carbonyl (C=O) groups is 1. The third kappa shape index (κ3) is 5.78. The van der Waals surface area contributed by atoms with Crippen LogP contribution in [-0.2, 0) is 16.1 Å². The molecule has 3 aromatic carbocycles. The minimum absolute atomic E-state index is 0.221. The molecular weight excluding hydrogens is 600 g/mol. The van der Waals surface area contributed by atoms with Crippen molar-refractivity contribution in [1.82, 2.24) is 4.57 Å². The lowest BCUT2D eigenvalue weighted by Gasteiger charge is -2.24. The molecule has 0 N–H and O–H groups in total. The van der Waals surface area contributed by atoms with Crippen molar-refractivity contribution in [1.29, 1.82) is 0 Å². The monoisotopic (exact) mass is 622 g/mol. The third-order valence-corrected chi connectivity index (χ3v) is 8.05. The van der Waals surface area contributed by atoms with E-state index in [0.717, 1.165) is 21.2 Å². The second-order valence-corrected chi connectivity index (χ2v) is 11.1. The zero-order chi connectivity index (χ0) is 27.5. The van der Waals surface area contributed by atoms with Crippen LogP contribution in [0.3, 0.4) is 0 Å². The van der Waals surface area contributed by atoms with E-state index in [9.17, 15) is 9.59 Å². The number of allylic oxidation sites excluding steroid dienone is 1. The molecule has 0 bridgehead atoms. The summed E-state index contributed by atoms with van der Waals surface area (Å²) in [6, 6.07) is 22.0. The summed E-state index contributed by atoms with van der Waals surface area (Å²) in [5.74, 6) is 0.211. The van der Waals surface area contributed by atoms with Gasteiger partial charge in [0.15, 0.2) is 4.80 Å². The number of hydrogen-bond acceptors (Lipinski definition) is 6. The minimum atomic E-state index is -0.626. The molecule has 198 valence electrons. The molecule has 0 spiro atoms. The second-order valence-electron chi connectivity index (χ2n) is 8.82. The maximum Gasteiger partial charge on any atom is 0.338 e. The van der Waals surface area contributed by atoms with Gasteiger partial charge in [-0.1, -0.05) is 71.5 Å². The van der Waals surface area contributed by atoms with Gasteiger partial charge in [-0.15, -0.1) is 0 Å². The Balaban J connectivity index is 1.50. The summed E-state index contributed by atoms with van der Waals surface area (Å²) < 4.78 is 14.2. The maximum absolute atomic E-state index is 13.7. The summed E-state index contributed by atoms with van der Waals surface area (Å²) in [7, 11) is 0. The molecule has 0 radical (unpaired) electrons. The van der Waals surface area contributed by atoms with E-state index < -0.39 is 12.0 Å². The van der Waals surface area contributed by atoms with Gasteiger partial charge in [0.05, 0.1) is 32.9 Å². The summed E-state index contributed by atoms with van der Waals surface area (Å²) in [5, 5.41) is 0.678. The average molecular weight is 624 g/mol. The Kier molecular flexibility index (Phi) is 8.16. The second kappa shape index (κ2) is 11.7. The van der Waals surface area contributed by atoms with Gasteiger partial charge in [-0.2, -0.15) is 0 Å². The van der Waals surface area contributed by atoms with Crippen molar-refractivity contribution in [3.05, 3.63) is 130 Å². The number of rotatable bonds is 7. The number of thiazole rings is 1. The van der Waals surface area contributed by atoms with Crippen molar-refractivity contribution in [2.24, 2.45) is 4.99 Å². The van der Waals surface area contributed by atoms with Crippen molar-refractivity contribution in [2.45, 2.75) is 26.5 Å². The van der Waals surface area contributed by atoms with Crippen LogP contribution in [0.25, 0.3) is 6.08 Å². The number of fused-ring (bicyclic) bond motifs is 1. The highest BCUT2D eigenvalue weighted by atomic mass is 79.9. The maximum atomic E-state index is 13.7. The SMILES string of the molecule is CCOC(=O)C1=C(C)N=c2s/c(=C\c3ccc(OCc4ccc(Cl)cc4)c(Br)c3)c(=O)n2[C@@H]1c1ccccc1. The Morgan fingerprint density at radius 3 is 2.56 bits per heavy atom. The topological polar surface area (TPSA) is 69.9 Å². The van der Waals surface area contributed by atoms with Gasteiger partial charge < -0.3 is 9.47 Å². The van der Waals surface area contributed by atoms with Crippen molar-refractivity contribution < 1.29 is 14.3 Å². The first-order valence-corrected chi connectivity index (χ1v) is 14.3. The van der Waals surface area contributed by atoms with Crippen LogP contribution >= 0.6 is 38.9 Å². The lowest BCUT2D eigenvalue weighted by molar-refractivity contribution is -0.139. The van der Waals surface area contributed by atoms with Crippen LogP contribution in [0.1, 0.15) is 36.6 Å². The molecule has 4 aromatic rings. The van der Waals surface area contributed by atoms with Crippen molar-refractivity contribution in [3.8, 4) is 5.75 Å². The average Bonchev–Trinajstić information content (AvgIpc) is 3.23. The molecule has 1 aliphatic heterocycles. The number of ether oxygens (including phenoxy) is 2. The predicted octanol–water partition coefficient (Wildman–Crippen LogP) is 5.79. The Bertz CT molecular complexity index is 1740. The Labute approximate surface area is 242 Å². The Hall–Kier alpha value is -3.46. The first kappa shape index (κ1) is 27.1. The number of carbonyl (C=O) groups excluding carboxylic acids is 1. The smallest absolute Gasteiger partial charge is 0.338 e. The van der Waals surface area contributed by atoms with Gasteiger partial charge in [-0.05, 0) is 76.8 Å². The summed E-state index contributed by atoms with van der Waals surface area (Å²) >= 11 is 10.8. The molecule has 1 atom stereocenters. The number of benzene rings is 3. The molecule has 0 saturated heterocycles.